The normalized spacial score (nSPS) is 16.7. The van der Waals surface area contributed by atoms with Crippen molar-refractivity contribution in [2.45, 2.75) is 26.3 Å². The first kappa shape index (κ1) is 19.3. The summed E-state index contributed by atoms with van der Waals surface area (Å²) in [5.74, 6) is 0.689. The molecule has 1 aliphatic heterocycles. The van der Waals surface area contributed by atoms with Crippen LogP contribution in [0, 0.1) is 10.1 Å². The van der Waals surface area contributed by atoms with Gasteiger partial charge >= 0.3 is 0 Å². The number of benzene rings is 2. The van der Waals surface area contributed by atoms with Gasteiger partial charge in [0.1, 0.15) is 5.75 Å². The van der Waals surface area contributed by atoms with Crippen LogP contribution in [0.1, 0.15) is 37.4 Å². The number of methoxy groups -OCH3 is 1. The molecule has 7 nitrogen and oxygen atoms in total. The molecule has 0 saturated heterocycles. The minimum absolute atomic E-state index is 0.0237. The van der Waals surface area contributed by atoms with Crippen LogP contribution < -0.4 is 4.74 Å². The summed E-state index contributed by atoms with van der Waals surface area (Å²) in [6, 6.07) is 14.0. The van der Waals surface area contributed by atoms with E-state index in [0.717, 1.165) is 17.0 Å². The number of nitro groups is 1. The lowest BCUT2D eigenvalue weighted by atomic mass is 9.98. The van der Waals surface area contributed by atoms with Crippen LogP contribution in [0.15, 0.2) is 65.4 Å². The number of rotatable bonds is 6. The summed E-state index contributed by atoms with van der Waals surface area (Å²) in [5.41, 5.74) is 3.19. The average molecular weight is 379 g/mol. The fraction of sp³-hybridized carbons (Fsp3) is 0.238. The Kier molecular flexibility index (Phi) is 5.54. The highest BCUT2D eigenvalue weighted by Gasteiger charge is 2.30. The van der Waals surface area contributed by atoms with Crippen molar-refractivity contribution in [3.8, 4) is 5.75 Å². The van der Waals surface area contributed by atoms with Gasteiger partial charge in [-0.25, -0.2) is 0 Å². The number of hydrazone groups is 1. The number of ketones is 1. The molecule has 0 radical (unpaired) electrons. The van der Waals surface area contributed by atoms with Gasteiger partial charge < -0.3 is 4.74 Å². The predicted molar refractivity (Wildman–Crippen MR) is 106 cm³/mol. The summed E-state index contributed by atoms with van der Waals surface area (Å²) in [6.07, 6.45) is 2.10. The summed E-state index contributed by atoms with van der Waals surface area (Å²) >= 11 is 0. The molecule has 2 aromatic rings. The molecule has 28 heavy (non-hydrogen) atoms. The molecule has 0 aromatic heterocycles. The van der Waals surface area contributed by atoms with E-state index in [-0.39, 0.29) is 17.5 Å². The van der Waals surface area contributed by atoms with Crippen molar-refractivity contribution >= 4 is 17.2 Å². The van der Waals surface area contributed by atoms with E-state index in [1.807, 2.05) is 37.3 Å². The quantitative estimate of drug-likeness (QED) is 0.426. The van der Waals surface area contributed by atoms with Crippen LogP contribution >= 0.6 is 0 Å². The van der Waals surface area contributed by atoms with Crippen LogP contribution in [0.5, 0.6) is 5.75 Å². The minimum atomic E-state index is -0.418. The summed E-state index contributed by atoms with van der Waals surface area (Å²) in [5, 5.41) is 17.6. The minimum Gasteiger partial charge on any atom is -0.497 e. The van der Waals surface area contributed by atoms with Gasteiger partial charge in [-0.15, -0.1) is 0 Å². The molecule has 144 valence electrons. The average Bonchev–Trinajstić information content (AvgIpc) is 3.13. The lowest BCUT2D eigenvalue weighted by Gasteiger charge is -2.24. The van der Waals surface area contributed by atoms with Gasteiger partial charge in [0.15, 0.2) is 5.78 Å². The number of allylic oxidation sites excluding steroid dienone is 2. The monoisotopic (exact) mass is 379 g/mol. The van der Waals surface area contributed by atoms with Gasteiger partial charge in [-0.05, 0) is 31.5 Å². The number of hydrogen-bond acceptors (Lipinski definition) is 6. The first-order valence-corrected chi connectivity index (χ1v) is 8.83. The lowest BCUT2D eigenvalue weighted by Crippen LogP contribution is -2.18. The molecule has 0 amide bonds. The van der Waals surface area contributed by atoms with E-state index in [2.05, 4.69) is 5.10 Å². The Morgan fingerprint density at radius 3 is 2.57 bits per heavy atom. The third kappa shape index (κ3) is 4.09. The number of hydrogen-bond donors (Lipinski definition) is 0. The molecule has 3 rings (SSSR count). The Bertz CT molecular complexity index is 964. The van der Waals surface area contributed by atoms with Gasteiger partial charge in [0.2, 0.25) is 0 Å². The van der Waals surface area contributed by atoms with E-state index >= 15 is 0 Å². The molecule has 0 unspecified atom stereocenters. The smallest absolute Gasteiger partial charge is 0.270 e. The van der Waals surface area contributed by atoms with Gasteiger partial charge in [-0.1, -0.05) is 24.3 Å². The van der Waals surface area contributed by atoms with E-state index in [1.165, 1.54) is 25.1 Å². The molecule has 0 saturated carbocycles. The molecular weight excluding hydrogens is 358 g/mol. The number of nitrogens with zero attached hydrogens (tertiary/aromatic N) is 3. The Morgan fingerprint density at radius 1 is 1.25 bits per heavy atom. The molecule has 1 heterocycles. The molecule has 2 aromatic carbocycles. The van der Waals surface area contributed by atoms with Crippen molar-refractivity contribution in [2.75, 3.05) is 7.11 Å². The van der Waals surface area contributed by atoms with E-state index in [1.54, 1.807) is 18.2 Å². The van der Waals surface area contributed by atoms with Crippen LogP contribution in [0.2, 0.25) is 0 Å². The van der Waals surface area contributed by atoms with Crippen LogP contribution in [0.25, 0.3) is 0 Å². The molecule has 0 bridgehead atoms. The summed E-state index contributed by atoms with van der Waals surface area (Å²) in [4.78, 5) is 22.3. The summed E-state index contributed by atoms with van der Waals surface area (Å²) < 4.78 is 5.22. The third-order valence-corrected chi connectivity index (χ3v) is 4.57. The van der Waals surface area contributed by atoms with Gasteiger partial charge in [-0.3, -0.25) is 19.9 Å². The molecule has 0 spiro atoms. The highest BCUT2D eigenvalue weighted by atomic mass is 16.6. The second kappa shape index (κ2) is 8.04. The Morgan fingerprint density at radius 2 is 1.96 bits per heavy atom. The number of carbonyl (C=O) groups is 1. The number of carbonyl (C=O) groups excluding carboxylic acids is 1. The first-order chi connectivity index (χ1) is 13.4. The zero-order valence-electron chi connectivity index (χ0n) is 16.0. The van der Waals surface area contributed by atoms with Crippen LogP contribution in [-0.2, 0) is 4.79 Å². The summed E-state index contributed by atoms with van der Waals surface area (Å²) in [6.45, 7) is 3.32. The van der Waals surface area contributed by atoms with Crippen molar-refractivity contribution in [1.29, 1.82) is 0 Å². The van der Waals surface area contributed by atoms with Crippen LogP contribution in [-0.4, -0.2) is 28.5 Å². The van der Waals surface area contributed by atoms with Crippen molar-refractivity contribution < 1.29 is 14.5 Å². The zero-order chi connectivity index (χ0) is 20.3. The van der Waals surface area contributed by atoms with E-state index in [0.29, 0.717) is 17.7 Å². The third-order valence-electron chi connectivity index (χ3n) is 4.57. The van der Waals surface area contributed by atoms with E-state index in [9.17, 15) is 14.9 Å². The van der Waals surface area contributed by atoms with Crippen molar-refractivity contribution in [2.24, 2.45) is 5.10 Å². The van der Waals surface area contributed by atoms with Gasteiger partial charge in [0.05, 0.1) is 23.8 Å². The van der Waals surface area contributed by atoms with Crippen LogP contribution in [0.3, 0.4) is 0 Å². The van der Waals surface area contributed by atoms with E-state index in [4.69, 9.17) is 4.74 Å². The van der Waals surface area contributed by atoms with Crippen LogP contribution in [0.4, 0.5) is 5.69 Å². The van der Waals surface area contributed by atoms with Gasteiger partial charge in [0, 0.05) is 35.9 Å². The maximum absolute atomic E-state index is 11.6. The van der Waals surface area contributed by atoms with Crippen molar-refractivity contribution in [3.63, 3.8) is 0 Å². The molecule has 1 aliphatic rings. The second-order valence-corrected chi connectivity index (χ2v) is 6.59. The molecule has 7 heteroatoms. The maximum Gasteiger partial charge on any atom is 0.270 e. The molecule has 1 atom stereocenters. The number of ether oxygens (including phenoxy) is 1. The predicted octanol–water partition coefficient (Wildman–Crippen LogP) is 4.25. The summed E-state index contributed by atoms with van der Waals surface area (Å²) in [7, 11) is 1.61. The van der Waals surface area contributed by atoms with Crippen molar-refractivity contribution in [3.05, 3.63) is 81.5 Å². The Hall–Kier alpha value is -3.48. The topological polar surface area (TPSA) is 85.0 Å². The van der Waals surface area contributed by atoms with Crippen molar-refractivity contribution in [1.82, 2.24) is 5.01 Å². The first-order valence-electron chi connectivity index (χ1n) is 8.83. The van der Waals surface area contributed by atoms with Gasteiger partial charge in [-0.2, -0.15) is 5.10 Å². The molecule has 0 fully saturated rings. The van der Waals surface area contributed by atoms with Gasteiger partial charge in [0.25, 0.3) is 5.69 Å². The SMILES string of the molecule is COc1ccc([C@@H]2CC(c3cccc([N+](=O)[O-])c3)=NN2C(C)=CC(C)=O)cc1. The molecule has 0 aliphatic carbocycles. The largest absolute Gasteiger partial charge is 0.497 e. The lowest BCUT2D eigenvalue weighted by molar-refractivity contribution is -0.384. The Labute approximate surface area is 163 Å². The number of non-ortho nitro benzene ring substituents is 1. The fourth-order valence-electron chi connectivity index (χ4n) is 3.25. The standard InChI is InChI=1S/C21H21N3O4/c1-14(11-15(2)25)23-21(16-7-9-19(28-3)10-8-16)13-20(22-23)17-5-4-6-18(12-17)24(26)27/h4-12,21H,13H2,1-3H3/t21-/m0/s1. The fourth-order valence-corrected chi connectivity index (χ4v) is 3.25. The highest BCUT2D eigenvalue weighted by Crippen LogP contribution is 2.36. The van der Waals surface area contributed by atoms with E-state index < -0.39 is 4.92 Å². The highest BCUT2D eigenvalue weighted by molar-refractivity contribution is 6.02. The maximum atomic E-state index is 11.6. The Balaban J connectivity index is 2.00. The zero-order valence-corrected chi connectivity index (χ0v) is 16.0. The number of nitro benzene ring substituents is 1. The molecular formula is C21H21N3O4. The molecule has 0 N–H and O–H groups in total. The second-order valence-electron chi connectivity index (χ2n) is 6.59.